The molecule has 1 aromatic rings. The first-order valence-corrected chi connectivity index (χ1v) is 8.46. The van der Waals surface area contributed by atoms with Crippen molar-refractivity contribution in [1.29, 1.82) is 0 Å². The van der Waals surface area contributed by atoms with Crippen LogP contribution in [-0.2, 0) is 4.74 Å². The van der Waals surface area contributed by atoms with Crippen molar-refractivity contribution in [2.45, 2.75) is 59.1 Å². The number of rotatable bonds is 7. The second-order valence-electron chi connectivity index (χ2n) is 7.28. The van der Waals surface area contributed by atoms with Crippen LogP contribution in [0, 0.1) is 0 Å². The lowest BCUT2D eigenvalue weighted by atomic mass is 10.0. The number of nitrogens with zero attached hydrogens (tertiary/aromatic N) is 1. The van der Waals surface area contributed by atoms with E-state index in [0.717, 1.165) is 13.1 Å². The van der Waals surface area contributed by atoms with Crippen molar-refractivity contribution in [3.05, 3.63) is 35.9 Å². The Morgan fingerprint density at radius 1 is 1.17 bits per heavy atom. The molecule has 1 atom stereocenters. The van der Waals surface area contributed by atoms with E-state index in [-0.39, 0.29) is 12.1 Å². The van der Waals surface area contributed by atoms with Gasteiger partial charge in [-0.2, -0.15) is 0 Å². The zero-order valence-electron chi connectivity index (χ0n) is 15.4. The fourth-order valence-electron chi connectivity index (χ4n) is 2.30. The van der Waals surface area contributed by atoms with Gasteiger partial charge in [0.2, 0.25) is 0 Å². The van der Waals surface area contributed by atoms with Crippen molar-refractivity contribution in [3.63, 3.8) is 0 Å². The van der Waals surface area contributed by atoms with Gasteiger partial charge in [-0.3, -0.25) is 0 Å². The molecule has 4 nitrogen and oxygen atoms in total. The summed E-state index contributed by atoms with van der Waals surface area (Å²) in [5.41, 5.74) is 0.868. The highest BCUT2D eigenvalue weighted by molar-refractivity contribution is 5.68. The lowest BCUT2D eigenvalue weighted by molar-refractivity contribution is 0.0194. The molecule has 0 heterocycles. The van der Waals surface area contributed by atoms with Gasteiger partial charge in [0.1, 0.15) is 5.60 Å². The number of hydrogen-bond acceptors (Lipinski definition) is 3. The number of benzene rings is 1. The minimum atomic E-state index is -0.459. The van der Waals surface area contributed by atoms with E-state index in [4.69, 9.17) is 4.74 Å². The molecule has 0 aliphatic heterocycles. The van der Waals surface area contributed by atoms with Gasteiger partial charge in [-0.15, -0.1) is 0 Å². The fraction of sp³-hybridized carbons (Fsp3) is 0.632. The van der Waals surface area contributed by atoms with Crippen LogP contribution >= 0.6 is 0 Å². The van der Waals surface area contributed by atoms with Crippen LogP contribution in [0.2, 0.25) is 0 Å². The van der Waals surface area contributed by atoms with Crippen LogP contribution in [0.5, 0.6) is 0 Å². The van der Waals surface area contributed by atoms with E-state index in [9.17, 15) is 4.79 Å². The Balaban J connectivity index is 2.40. The molecule has 4 heteroatoms. The SMILES string of the molecule is CC(CNCCN(C(=O)OC(C)(C)C)C(C)C)c1ccccc1. The molecule has 130 valence electrons. The summed E-state index contributed by atoms with van der Waals surface area (Å²) >= 11 is 0. The minimum absolute atomic E-state index is 0.123. The second-order valence-corrected chi connectivity index (χ2v) is 7.28. The summed E-state index contributed by atoms with van der Waals surface area (Å²) in [6.45, 7) is 14.2. The summed E-state index contributed by atoms with van der Waals surface area (Å²) in [7, 11) is 0. The van der Waals surface area contributed by atoms with E-state index in [1.54, 1.807) is 4.90 Å². The summed E-state index contributed by atoms with van der Waals surface area (Å²) in [5, 5.41) is 3.44. The molecule has 0 aliphatic carbocycles. The quantitative estimate of drug-likeness (QED) is 0.771. The first-order valence-electron chi connectivity index (χ1n) is 8.46. The molecule has 1 N–H and O–H groups in total. The van der Waals surface area contributed by atoms with E-state index in [1.165, 1.54) is 5.56 Å². The Bertz CT molecular complexity index is 466. The predicted molar refractivity (Wildman–Crippen MR) is 95.8 cm³/mol. The lowest BCUT2D eigenvalue weighted by Gasteiger charge is -2.30. The summed E-state index contributed by atoms with van der Waals surface area (Å²) in [6, 6.07) is 10.6. The maximum Gasteiger partial charge on any atom is 0.410 e. The van der Waals surface area contributed by atoms with Crippen molar-refractivity contribution in [1.82, 2.24) is 10.2 Å². The number of hydrogen-bond donors (Lipinski definition) is 1. The Morgan fingerprint density at radius 3 is 2.30 bits per heavy atom. The Hall–Kier alpha value is -1.55. The van der Waals surface area contributed by atoms with Crippen molar-refractivity contribution < 1.29 is 9.53 Å². The van der Waals surface area contributed by atoms with Crippen molar-refractivity contribution >= 4 is 6.09 Å². The third kappa shape index (κ3) is 7.51. The van der Waals surface area contributed by atoms with Gasteiger partial charge in [-0.05, 0) is 46.1 Å². The molecule has 0 aliphatic rings. The molecule has 23 heavy (non-hydrogen) atoms. The average molecular weight is 320 g/mol. The highest BCUT2D eigenvalue weighted by Gasteiger charge is 2.23. The van der Waals surface area contributed by atoms with E-state index in [1.807, 2.05) is 40.7 Å². The Morgan fingerprint density at radius 2 is 1.78 bits per heavy atom. The Labute approximate surface area is 141 Å². The van der Waals surface area contributed by atoms with Crippen molar-refractivity contribution in [2.24, 2.45) is 0 Å². The number of nitrogens with one attached hydrogen (secondary N) is 1. The van der Waals surface area contributed by atoms with Gasteiger partial charge in [0.15, 0.2) is 0 Å². The topological polar surface area (TPSA) is 41.6 Å². The first kappa shape index (κ1) is 19.5. The van der Waals surface area contributed by atoms with Gasteiger partial charge in [-0.25, -0.2) is 4.79 Å². The van der Waals surface area contributed by atoms with E-state index in [0.29, 0.717) is 12.5 Å². The van der Waals surface area contributed by atoms with Crippen LogP contribution < -0.4 is 5.32 Å². The number of ether oxygens (including phenoxy) is 1. The van der Waals surface area contributed by atoms with Gasteiger partial charge in [0.05, 0.1) is 0 Å². The minimum Gasteiger partial charge on any atom is -0.444 e. The summed E-state index contributed by atoms with van der Waals surface area (Å²) in [4.78, 5) is 14.0. The molecule has 0 saturated heterocycles. The van der Waals surface area contributed by atoms with E-state index in [2.05, 4.69) is 36.5 Å². The van der Waals surface area contributed by atoms with Crippen LogP contribution in [0.1, 0.15) is 53.0 Å². The highest BCUT2D eigenvalue weighted by atomic mass is 16.6. The number of carbonyl (C=O) groups is 1. The molecule has 0 spiro atoms. The van der Waals surface area contributed by atoms with Crippen LogP contribution in [0.25, 0.3) is 0 Å². The summed E-state index contributed by atoms with van der Waals surface area (Å²) in [5.74, 6) is 0.449. The second kappa shape index (κ2) is 8.92. The fourth-order valence-corrected chi connectivity index (χ4v) is 2.30. The molecule has 1 aromatic carbocycles. The van der Waals surface area contributed by atoms with Gasteiger partial charge < -0.3 is 15.0 Å². The van der Waals surface area contributed by atoms with E-state index >= 15 is 0 Å². The van der Waals surface area contributed by atoms with Gasteiger partial charge in [-0.1, -0.05) is 37.3 Å². The third-order valence-electron chi connectivity index (χ3n) is 3.60. The van der Waals surface area contributed by atoms with Gasteiger partial charge in [0.25, 0.3) is 0 Å². The van der Waals surface area contributed by atoms with E-state index < -0.39 is 5.60 Å². The molecule has 0 bridgehead atoms. The molecule has 0 saturated carbocycles. The molecule has 0 radical (unpaired) electrons. The number of amides is 1. The summed E-state index contributed by atoms with van der Waals surface area (Å²) in [6.07, 6.45) is -0.245. The Kier molecular flexibility index (Phi) is 7.56. The largest absolute Gasteiger partial charge is 0.444 e. The number of carbonyl (C=O) groups excluding carboxylic acids is 1. The van der Waals surface area contributed by atoms with Crippen LogP contribution in [0.3, 0.4) is 0 Å². The van der Waals surface area contributed by atoms with Gasteiger partial charge >= 0.3 is 6.09 Å². The first-order chi connectivity index (χ1) is 10.7. The molecular formula is C19H32N2O2. The molecule has 1 amide bonds. The average Bonchev–Trinajstić information content (AvgIpc) is 2.45. The highest BCUT2D eigenvalue weighted by Crippen LogP contribution is 2.13. The molecule has 0 fully saturated rings. The monoisotopic (exact) mass is 320 g/mol. The zero-order chi connectivity index (χ0) is 17.5. The van der Waals surface area contributed by atoms with Gasteiger partial charge in [0, 0.05) is 25.7 Å². The molecule has 0 aromatic heterocycles. The third-order valence-corrected chi connectivity index (χ3v) is 3.60. The van der Waals surface area contributed by atoms with Crippen molar-refractivity contribution in [3.8, 4) is 0 Å². The smallest absolute Gasteiger partial charge is 0.410 e. The maximum absolute atomic E-state index is 12.2. The summed E-state index contributed by atoms with van der Waals surface area (Å²) < 4.78 is 5.47. The van der Waals surface area contributed by atoms with Crippen molar-refractivity contribution in [2.75, 3.05) is 19.6 Å². The zero-order valence-corrected chi connectivity index (χ0v) is 15.4. The van der Waals surface area contributed by atoms with Crippen LogP contribution in [0.15, 0.2) is 30.3 Å². The molecule has 1 rings (SSSR count). The maximum atomic E-state index is 12.2. The molecular weight excluding hydrogens is 288 g/mol. The standard InChI is InChI=1S/C19H32N2O2/c1-15(2)21(18(22)23-19(4,5)6)13-12-20-14-16(3)17-10-8-7-9-11-17/h7-11,15-16,20H,12-14H2,1-6H3. The molecule has 1 unspecified atom stereocenters. The lowest BCUT2D eigenvalue weighted by Crippen LogP contribution is -2.44. The van der Waals surface area contributed by atoms with Crippen LogP contribution in [-0.4, -0.2) is 42.3 Å². The van der Waals surface area contributed by atoms with Crippen LogP contribution in [0.4, 0.5) is 4.79 Å². The predicted octanol–water partition coefficient (Wildman–Crippen LogP) is 4.03. The normalized spacial score (nSPS) is 13.0.